The third-order valence-electron chi connectivity index (χ3n) is 5.79. The van der Waals surface area contributed by atoms with Gasteiger partial charge in [-0.1, -0.05) is 34.9 Å². The van der Waals surface area contributed by atoms with Crippen LogP contribution in [-0.2, 0) is 12.8 Å². The molecule has 0 spiro atoms. The van der Waals surface area contributed by atoms with Crippen LogP contribution in [-0.4, -0.2) is 20.4 Å². The van der Waals surface area contributed by atoms with Gasteiger partial charge in [-0.05, 0) is 60.3 Å². The minimum Gasteiger partial charge on any atom is -0.508 e. The van der Waals surface area contributed by atoms with E-state index in [4.69, 9.17) is 4.42 Å². The van der Waals surface area contributed by atoms with Crippen molar-refractivity contribution in [2.24, 2.45) is 0 Å². The SMILES string of the molecule is CC(C)=CCC/C(C)=C/Cc1c(O)c(O)c(CC=C(C)C)c2c(=O)c3c(O)cc(O)cc3oc12. The van der Waals surface area contributed by atoms with E-state index in [0.717, 1.165) is 30.1 Å². The Labute approximate surface area is 198 Å². The molecule has 3 aromatic rings. The Morgan fingerprint density at radius 1 is 0.824 bits per heavy atom. The molecule has 2 aromatic carbocycles. The van der Waals surface area contributed by atoms with E-state index in [9.17, 15) is 25.2 Å². The lowest BCUT2D eigenvalue weighted by atomic mass is 9.95. The zero-order valence-corrected chi connectivity index (χ0v) is 20.3. The van der Waals surface area contributed by atoms with E-state index < -0.39 is 11.2 Å². The first-order valence-electron chi connectivity index (χ1n) is 11.3. The van der Waals surface area contributed by atoms with Crippen LogP contribution < -0.4 is 5.43 Å². The van der Waals surface area contributed by atoms with E-state index in [0.29, 0.717) is 0 Å². The molecule has 0 atom stereocenters. The maximum absolute atomic E-state index is 13.5. The van der Waals surface area contributed by atoms with Gasteiger partial charge < -0.3 is 24.8 Å². The van der Waals surface area contributed by atoms with Gasteiger partial charge in [0.25, 0.3) is 0 Å². The molecule has 4 N–H and O–H groups in total. The zero-order chi connectivity index (χ0) is 25.2. The average molecular weight is 465 g/mol. The van der Waals surface area contributed by atoms with Crippen molar-refractivity contribution in [2.75, 3.05) is 0 Å². The highest BCUT2D eigenvalue weighted by atomic mass is 16.3. The van der Waals surface area contributed by atoms with E-state index in [1.165, 1.54) is 11.6 Å². The normalized spacial score (nSPS) is 11.7. The molecule has 0 unspecified atom stereocenters. The van der Waals surface area contributed by atoms with E-state index in [-0.39, 0.29) is 63.2 Å². The number of allylic oxidation sites excluding steroid dienone is 6. The van der Waals surface area contributed by atoms with Crippen LogP contribution in [0.3, 0.4) is 0 Å². The van der Waals surface area contributed by atoms with Gasteiger partial charge in [-0.25, -0.2) is 0 Å². The highest BCUT2D eigenvalue weighted by Gasteiger charge is 2.24. The average Bonchev–Trinajstić information content (AvgIpc) is 2.73. The molecule has 180 valence electrons. The highest BCUT2D eigenvalue weighted by Crippen LogP contribution is 2.42. The molecule has 6 nitrogen and oxygen atoms in total. The molecule has 6 heteroatoms. The van der Waals surface area contributed by atoms with Crippen molar-refractivity contribution < 1.29 is 24.8 Å². The Balaban J connectivity index is 2.29. The number of hydrogen-bond acceptors (Lipinski definition) is 6. The van der Waals surface area contributed by atoms with Crippen LogP contribution in [0.15, 0.2) is 56.3 Å². The van der Waals surface area contributed by atoms with Crippen LogP contribution >= 0.6 is 0 Å². The van der Waals surface area contributed by atoms with E-state index in [1.54, 1.807) is 0 Å². The van der Waals surface area contributed by atoms with Crippen molar-refractivity contribution in [3.8, 4) is 23.0 Å². The van der Waals surface area contributed by atoms with E-state index >= 15 is 0 Å². The standard InChI is InChI=1S/C28H32O6/c1-15(2)7-6-8-17(5)10-12-20-26(32)25(31)19(11-9-16(3)4)23-27(33)24-21(30)13-18(29)14-22(24)34-28(20)23/h7,9-10,13-14,29-32H,6,8,11-12H2,1-5H3/b17-10+. The largest absolute Gasteiger partial charge is 0.508 e. The van der Waals surface area contributed by atoms with Gasteiger partial charge >= 0.3 is 0 Å². The highest BCUT2D eigenvalue weighted by molar-refractivity contribution is 5.98. The number of rotatable bonds is 7. The van der Waals surface area contributed by atoms with Gasteiger partial charge in [0.2, 0.25) is 5.43 Å². The maximum Gasteiger partial charge on any atom is 0.204 e. The Morgan fingerprint density at radius 3 is 2.09 bits per heavy atom. The van der Waals surface area contributed by atoms with Gasteiger partial charge in [-0.3, -0.25) is 4.79 Å². The summed E-state index contributed by atoms with van der Waals surface area (Å²) in [6.07, 6.45) is 8.08. The molecule has 3 rings (SSSR count). The van der Waals surface area contributed by atoms with Crippen molar-refractivity contribution in [1.82, 2.24) is 0 Å². The molecule has 0 radical (unpaired) electrons. The molecule has 0 saturated heterocycles. The molecule has 0 bridgehead atoms. The molecule has 1 heterocycles. The summed E-state index contributed by atoms with van der Waals surface area (Å²) in [7, 11) is 0. The summed E-state index contributed by atoms with van der Waals surface area (Å²) in [5.74, 6) is -1.38. The van der Waals surface area contributed by atoms with Gasteiger partial charge in [0, 0.05) is 23.3 Å². The molecular weight excluding hydrogens is 432 g/mol. The second-order valence-corrected chi connectivity index (χ2v) is 9.19. The third kappa shape index (κ3) is 5.11. The Morgan fingerprint density at radius 2 is 1.44 bits per heavy atom. The van der Waals surface area contributed by atoms with Gasteiger partial charge in [0.05, 0.1) is 5.39 Å². The van der Waals surface area contributed by atoms with Crippen molar-refractivity contribution in [3.05, 3.63) is 68.4 Å². The first-order chi connectivity index (χ1) is 16.0. The Hall–Kier alpha value is -3.67. The van der Waals surface area contributed by atoms with Crippen molar-refractivity contribution >= 4 is 21.9 Å². The molecular formula is C28H32O6. The minimum atomic E-state index is -0.535. The lowest BCUT2D eigenvalue weighted by Gasteiger charge is -2.15. The lowest BCUT2D eigenvalue weighted by molar-refractivity contribution is 0.397. The molecule has 34 heavy (non-hydrogen) atoms. The molecule has 0 fully saturated rings. The third-order valence-corrected chi connectivity index (χ3v) is 5.79. The molecule has 1 aromatic heterocycles. The topological polar surface area (TPSA) is 111 Å². The molecule has 0 saturated carbocycles. The fraction of sp³-hybridized carbons (Fsp3) is 0.321. The molecule has 0 aliphatic carbocycles. The number of phenolic OH excluding ortho intramolecular Hbond substituents is 4. The second-order valence-electron chi connectivity index (χ2n) is 9.19. The number of aromatic hydroxyl groups is 4. The Kier molecular flexibility index (Phi) is 7.40. The minimum absolute atomic E-state index is 0.00114. The fourth-order valence-corrected chi connectivity index (χ4v) is 3.94. The predicted molar refractivity (Wildman–Crippen MR) is 136 cm³/mol. The van der Waals surface area contributed by atoms with Crippen LogP contribution in [0.2, 0.25) is 0 Å². The summed E-state index contributed by atoms with van der Waals surface area (Å²) < 4.78 is 6.00. The van der Waals surface area contributed by atoms with Crippen LogP contribution in [0.25, 0.3) is 21.9 Å². The van der Waals surface area contributed by atoms with E-state index in [2.05, 4.69) is 6.08 Å². The Bertz CT molecular complexity index is 1390. The molecule has 0 amide bonds. The first kappa shape index (κ1) is 25.0. The summed E-state index contributed by atoms with van der Waals surface area (Å²) in [5.41, 5.74) is 3.41. The fourth-order valence-electron chi connectivity index (χ4n) is 3.94. The first-order valence-corrected chi connectivity index (χ1v) is 11.3. The lowest BCUT2D eigenvalue weighted by Crippen LogP contribution is -2.08. The van der Waals surface area contributed by atoms with Gasteiger partial charge in [-0.2, -0.15) is 0 Å². The summed E-state index contributed by atoms with van der Waals surface area (Å²) in [6, 6.07) is 2.32. The number of phenols is 4. The van der Waals surface area contributed by atoms with Crippen molar-refractivity contribution in [3.63, 3.8) is 0 Å². The van der Waals surface area contributed by atoms with Crippen LogP contribution in [0.5, 0.6) is 23.0 Å². The number of benzene rings is 2. The predicted octanol–water partition coefficient (Wildman–Crippen LogP) is 6.51. The smallest absolute Gasteiger partial charge is 0.204 e. The van der Waals surface area contributed by atoms with Crippen LogP contribution in [0.1, 0.15) is 58.6 Å². The van der Waals surface area contributed by atoms with Gasteiger partial charge in [-0.15, -0.1) is 0 Å². The van der Waals surface area contributed by atoms with Gasteiger partial charge in [0.15, 0.2) is 11.5 Å². The molecule has 0 aliphatic heterocycles. The summed E-state index contributed by atoms with van der Waals surface area (Å²) in [5, 5.41) is 42.0. The quantitative estimate of drug-likeness (QED) is 0.180. The summed E-state index contributed by atoms with van der Waals surface area (Å²) in [4.78, 5) is 13.5. The summed E-state index contributed by atoms with van der Waals surface area (Å²) >= 11 is 0. The second kappa shape index (κ2) is 10.1. The molecule has 0 aliphatic rings. The zero-order valence-electron chi connectivity index (χ0n) is 20.3. The van der Waals surface area contributed by atoms with Crippen molar-refractivity contribution in [2.45, 2.75) is 60.3 Å². The van der Waals surface area contributed by atoms with Crippen LogP contribution in [0.4, 0.5) is 0 Å². The van der Waals surface area contributed by atoms with Gasteiger partial charge in [0.1, 0.15) is 28.1 Å². The summed E-state index contributed by atoms with van der Waals surface area (Å²) in [6.45, 7) is 9.86. The maximum atomic E-state index is 13.5. The van der Waals surface area contributed by atoms with E-state index in [1.807, 2.05) is 46.8 Å². The van der Waals surface area contributed by atoms with Crippen molar-refractivity contribution in [1.29, 1.82) is 0 Å². The van der Waals surface area contributed by atoms with Crippen LogP contribution in [0, 0.1) is 0 Å². The monoisotopic (exact) mass is 464 g/mol. The number of fused-ring (bicyclic) bond motifs is 2. The number of hydrogen-bond donors (Lipinski definition) is 4.